The Labute approximate surface area is 111 Å². The third kappa shape index (κ3) is 3.25. The third-order valence-corrected chi connectivity index (χ3v) is 4.59. The third-order valence-electron chi connectivity index (χ3n) is 4.59. The topological polar surface area (TPSA) is 32.3 Å². The van der Waals surface area contributed by atoms with Crippen molar-refractivity contribution in [3.8, 4) is 0 Å². The second-order valence-corrected chi connectivity index (χ2v) is 6.01. The second-order valence-electron chi connectivity index (χ2n) is 6.01. The Bertz CT molecular complexity index is 274. The fourth-order valence-electron chi connectivity index (χ4n) is 3.38. The minimum absolute atomic E-state index is 0.0866. The Balaban J connectivity index is 1.78. The molecule has 0 aromatic carbocycles. The molecule has 3 nitrogen and oxygen atoms in total. The van der Waals surface area contributed by atoms with E-state index >= 15 is 0 Å². The molecule has 0 aromatic heterocycles. The first kappa shape index (κ1) is 13.9. The molecule has 1 amide bonds. The lowest BCUT2D eigenvalue weighted by molar-refractivity contribution is -0.130. The van der Waals surface area contributed by atoms with Gasteiger partial charge in [-0.2, -0.15) is 0 Å². The van der Waals surface area contributed by atoms with Gasteiger partial charge in [-0.3, -0.25) is 10.1 Å². The van der Waals surface area contributed by atoms with E-state index in [0.29, 0.717) is 5.91 Å². The molecule has 0 aromatic rings. The maximum atomic E-state index is 12.3. The van der Waals surface area contributed by atoms with Crippen LogP contribution in [0.4, 0.5) is 0 Å². The van der Waals surface area contributed by atoms with Crippen molar-refractivity contribution in [2.24, 2.45) is 5.92 Å². The molecular weight excluding hydrogens is 224 g/mol. The molecule has 1 aliphatic heterocycles. The maximum Gasteiger partial charge on any atom is 0.241 e. The predicted octanol–water partition coefficient (Wildman–Crippen LogP) is 2.90. The van der Waals surface area contributed by atoms with E-state index in [4.69, 9.17) is 0 Å². The van der Waals surface area contributed by atoms with Crippen molar-refractivity contribution in [3.63, 3.8) is 0 Å². The van der Waals surface area contributed by atoms with Crippen LogP contribution in [0.3, 0.4) is 0 Å². The second kappa shape index (κ2) is 6.55. The van der Waals surface area contributed by atoms with Gasteiger partial charge in [0, 0.05) is 6.54 Å². The lowest BCUT2D eigenvalue weighted by atomic mass is 10.0. The standard InChI is InChI=1S/C15H28N2O/c1-3-4-9-14-15(18)17(12(2)16-14)11-10-13-7-5-6-8-13/h12-14,16H,3-11H2,1-2H3. The lowest BCUT2D eigenvalue weighted by Gasteiger charge is -2.22. The highest BCUT2D eigenvalue weighted by Gasteiger charge is 2.35. The Hall–Kier alpha value is -0.570. The Morgan fingerprint density at radius 2 is 2.00 bits per heavy atom. The van der Waals surface area contributed by atoms with Crippen LogP contribution < -0.4 is 5.32 Å². The van der Waals surface area contributed by atoms with Crippen LogP contribution in [-0.4, -0.2) is 29.6 Å². The zero-order chi connectivity index (χ0) is 13.0. The minimum atomic E-state index is 0.0866. The zero-order valence-electron chi connectivity index (χ0n) is 12.0. The largest absolute Gasteiger partial charge is 0.326 e. The van der Waals surface area contributed by atoms with Crippen LogP contribution in [0.25, 0.3) is 0 Å². The van der Waals surface area contributed by atoms with Gasteiger partial charge in [0.1, 0.15) is 0 Å². The zero-order valence-corrected chi connectivity index (χ0v) is 12.0. The van der Waals surface area contributed by atoms with Gasteiger partial charge >= 0.3 is 0 Å². The van der Waals surface area contributed by atoms with Gasteiger partial charge in [-0.05, 0) is 25.7 Å². The number of hydrogen-bond donors (Lipinski definition) is 1. The average Bonchev–Trinajstić information content (AvgIpc) is 2.95. The van der Waals surface area contributed by atoms with Crippen LogP contribution in [0, 0.1) is 5.92 Å². The number of amides is 1. The number of nitrogens with zero attached hydrogens (tertiary/aromatic N) is 1. The summed E-state index contributed by atoms with van der Waals surface area (Å²) >= 11 is 0. The summed E-state index contributed by atoms with van der Waals surface area (Å²) in [5.41, 5.74) is 0. The molecule has 104 valence electrons. The van der Waals surface area contributed by atoms with Crippen LogP contribution in [0.1, 0.15) is 65.2 Å². The van der Waals surface area contributed by atoms with Crippen LogP contribution in [0.15, 0.2) is 0 Å². The molecule has 0 radical (unpaired) electrons. The van der Waals surface area contributed by atoms with Gasteiger partial charge in [0.25, 0.3) is 0 Å². The van der Waals surface area contributed by atoms with E-state index in [2.05, 4.69) is 24.1 Å². The smallest absolute Gasteiger partial charge is 0.241 e. The molecule has 2 rings (SSSR count). The fraction of sp³-hybridized carbons (Fsp3) is 0.933. The molecule has 1 heterocycles. The molecule has 2 aliphatic rings. The van der Waals surface area contributed by atoms with Gasteiger partial charge in [0.2, 0.25) is 5.91 Å². The van der Waals surface area contributed by atoms with Gasteiger partial charge in [0.05, 0.1) is 12.2 Å². The molecule has 0 spiro atoms. The fourth-order valence-corrected chi connectivity index (χ4v) is 3.38. The molecule has 1 saturated heterocycles. The van der Waals surface area contributed by atoms with E-state index in [1.807, 2.05) is 0 Å². The average molecular weight is 252 g/mol. The maximum absolute atomic E-state index is 12.3. The van der Waals surface area contributed by atoms with Crippen LogP contribution >= 0.6 is 0 Å². The quantitative estimate of drug-likeness (QED) is 0.788. The minimum Gasteiger partial charge on any atom is -0.326 e. The van der Waals surface area contributed by atoms with Gasteiger partial charge in [-0.15, -0.1) is 0 Å². The van der Waals surface area contributed by atoms with Gasteiger partial charge in [0.15, 0.2) is 0 Å². The van der Waals surface area contributed by atoms with E-state index < -0.39 is 0 Å². The summed E-state index contributed by atoms with van der Waals surface area (Å²) in [7, 11) is 0. The first-order valence-corrected chi connectivity index (χ1v) is 7.79. The first-order chi connectivity index (χ1) is 8.72. The predicted molar refractivity (Wildman–Crippen MR) is 74.2 cm³/mol. The molecule has 1 N–H and O–H groups in total. The summed E-state index contributed by atoms with van der Waals surface area (Å²) in [5.74, 6) is 1.22. The summed E-state index contributed by atoms with van der Waals surface area (Å²) in [5, 5.41) is 3.44. The number of hydrogen-bond acceptors (Lipinski definition) is 2. The molecule has 1 saturated carbocycles. The molecule has 3 heteroatoms. The first-order valence-electron chi connectivity index (χ1n) is 7.79. The van der Waals surface area contributed by atoms with E-state index in [9.17, 15) is 4.79 Å². The summed E-state index contributed by atoms with van der Waals surface area (Å²) in [4.78, 5) is 14.4. The van der Waals surface area contributed by atoms with Crippen molar-refractivity contribution in [1.29, 1.82) is 0 Å². The highest BCUT2D eigenvalue weighted by molar-refractivity contribution is 5.84. The van der Waals surface area contributed by atoms with Crippen LogP contribution in [-0.2, 0) is 4.79 Å². The molecule has 2 atom stereocenters. The van der Waals surface area contributed by atoms with Crippen LogP contribution in [0.2, 0.25) is 0 Å². The summed E-state index contributed by atoms with van der Waals surface area (Å²) in [6.07, 6.45) is 10.3. The van der Waals surface area contributed by atoms with Crippen molar-refractivity contribution >= 4 is 5.91 Å². The van der Waals surface area contributed by atoms with E-state index in [1.165, 1.54) is 38.5 Å². The lowest BCUT2D eigenvalue weighted by Crippen LogP contribution is -2.36. The van der Waals surface area contributed by atoms with Crippen molar-refractivity contribution in [1.82, 2.24) is 10.2 Å². The van der Waals surface area contributed by atoms with Crippen molar-refractivity contribution < 1.29 is 4.79 Å². The van der Waals surface area contributed by atoms with E-state index in [1.54, 1.807) is 0 Å². The van der Waals surface area contributed by atoms with Gasteiger partial charge < -0.3 is 4.90 Å². The molecule has 0 bridgehead atoms. The Kier molecular flexibility index (Phi) is 5.04. The SMILES string of the molecule is CCCCC1NC(C)N(CCC2CCCC2)C1=O. The van der Waals surface area contributed by atoms with E-state index in [-0.39, 0.29) is 12.2 Å². The highest BCUT2D eigenvalue weighted by Crippen LogP contribution is 2.28. The summed E-state index contributed by atoms with van der Waals surface area (Å²) in [6.45, 7) is 5.26. The number of unbranched alkanes of at least 4 members (excludes halogenated alkanes) is 1. The van der Waals surface area contributed by atoms with E-state index in [0.717, 1.165) is 25.3 Å². The molecule has 18 heavy (non-hydrogen) atoms. The van der Waals surface area contributed by atoms with Crippen molar-refractivity contribution in [3.05, 3.63) is 0 Å². The molecular formula is C15H28N2O. The molecule has 2 unspecified atom stereocenters. The normalized spacial score (nSPS) is 29.4. The molecule has 1 aliphatic carbocycles. The monoisotopic (exact) mass is 252 g/mol. The summed E-state index contributed by atoms with van der Waals surface area (Å²) in [6, 6.07) is 0.0866. The van der Waals surface area contributed by atoms with Gasteiger partial charge in [-0.25, -0.2) is 0 Å². The number of carbonyl (C=O) groups is 1. The van der Waals surface area contributed by atoms with Crippen molar-refractivity contribution in [2.45, 2.75) is 77.4 Å². The summed E-state index contributed by atoms with van der Waals surface area (Å²) < 4.78 is 0. The highest BCUT2D eigenvalue weighted by atomic mass is 16.2. The van der Waals surface area contributed by atoms with Crippen molar-refractivity contribution in [2.75, 3.05) is 6.54 Å². The Morgan fingerprint density at radius 1 is 1.28 bits per heavy atom. The van der Waals surface area contributed by atoms with Crippen LogP contribution in [0.5, 0.6) is 0 Å². The Morgan fingerprint density at radius 3 is 2.67 bits per heavy atom. The molecule has 2 fully saturated rings. The van der Waals surface area contributed by atoms with Gasteiger partial charge in [-0.1, -0.05) is 45.4 Å². The number of rotatable bonds is 6. The number of nitrogens with one attached hydrogen (secondary N) is 1. The number of carbonyl (C=O) groups excluding carboxylic acids is 1.